The highest BCUT2D eigenvalue weighted by molar-refractivity contribution is 5.62. The van der Waals surface area contributed by atoms with E-state index in [-0.39, 0.29) is 5.82 Å². The molecule has 1 aromatic heterocycles. The third-order valence-corrected chi connectivity index (χ3v) is 2.48. The Kier molecular flexibility index (Phi) is 3.32. The molecule has 0 saturated heterocycles. The van der Waals surface area contributed by atoms with Crippen LogP contribution in [0.2, 0.25) is 0 Å². The van der Waals surface area contributed by atoms with E-state index in [0.29, 0.717) is 0 Å². The molecular weight excluding hydrogens is 217 g/mol. The van der Waals surface area contributed by atoms with Crippen LogP contribution >= 0.6 is 0 Å². The highest BCUT2D eigenvalue weighted by Gasteiger charge is 2.05. The van der Waals surface area contributed by atoms with E-state index < -0.39 is 0 Å². The van der Waals surface area contributed by atoms with E-state index in [0.717, 1.165) is 29.3 Å². The summed E-state index contributed by atoms with van der Waals surface area (Å²) in [5.74, 6) is 1.31. The van der Waals surface area contributed by atoms with Crippen LogP contribution in [0, 0.1) is 5.82 Å². The summed E-state index contributed by atoms with van der Waals surface area (Å²) in [6.45, 7) is 2.00. The van der Waals surface area contributed by atoms with Crippen LogP contribution in [-0.4, -0.2) is 17.0 Å². The molecule has 4 heteroatoms. The highest BCUT2D eigenvalue weighted by atomic mass is 19.1. The Morgan fingerprint density at radius 2 is 1.88 bits per heavy atom. The lowest BCUT2D eigenvalue weighted by molar-refractivity contribution is 0.628. The van der Waals surface area contributed by atoms with E-state index in [9.17, 15) is 4.39 Å². The van der Waals surface area contributed by atoms with Crippen LogP contribution in [0.3, 0.4) is 0 Å². The van der Waals surface area contributed by atoms with E-state index in [1.807, 2.05) is 20.0 Å². The van der Waals surface area contributed by atoms with Crippen LogP contribution in [0.15, 0.2) is 30.3 Å². The number of hydrogen-bond acceptors (Lipinski definition) is 3. The van der Waals surface area contributed by atoms with Crippen molar-refractivity contribution in [3.8, 4) is 11.3 Å². The Balaban J connectivity index is 2.46. The topological polar surface area (TPSA) is 37.8 Å². The maximum atomic E-state index is 12.8. The molecule has 0 fully saturated rings. The van der Waals surface area contributed by atoms with Gasteiger partial charge in [-0.3, -0.25) is 0 Å². The monoisotopic (exact) mass is 231 g/mol. The molecule has 1 N–H and O–H groups in total. The minimum Gasteiger partial charge on any atom is -0.373 e. The van der Waals surface area contributed by atoms with Crippen LogP contribution in [0.1, 0.15) is 12.7 Å². The predicted octanol–water partition coefficient (Wildman–Crippen LogP) is 2.89. The number of nitrogens with zero attached hydrogens (tertiary/aromatic N) is 2. The van der Waals surface area contributed by atoms with Crippen molar-refractivity contribution in [2.24, 2.45) is 0 Å². The lowest BCUT2D eigenvalue weighted by Crippen LogP contribution is -2.00. The Bertz CT molecular complexity index is 486. The second-order valence-corrected chi connectivity index (χ2v) is 3.67. The lowest BCUT2D eigenvalue weighted by Gasteiger charge is -2.06. The molecule has 1 heterocycles. The highest BCUT2D eigenvalue weighted by Crippen LogP contribution is 2.20. The van der Waals surface area contributed by atoms with Crippen molar-refractivity contribution in [3.05, 3.63) is 42.0 Å². The van der Waals surface area contributed by atoms with Crippen molar-refractivity contribution in [1.29, 1.82) is 0 Å². The summed E-state index contributed by atoms with van der Waals surface area (Å²) < 4.78 is 12.8. The van der Waals surface area contributed by atoms with Gasteiger partial charge in [0.15, 0.2) is 0 Å². The number of rotatable bonds is 3. The fourth-order valence-corrected chi connectivity index (χ4v) is 1.55. The Morgan fingerprint density at radius 1 is 1.18 bits per heavy atom. The summed E-state index contributed by atoms with van der Waals surface area (Å²) in [5.41, 5.74) is 1.70. The summed E-state index contributed by atoms with van der Waals surface area (Å²) in [6, 6.07) is 8.16. The second kappa shape index (κ2) is 4.91. The predicted molar refractivity (Wildman–Crippen MR) is 66.4 cm³/mol. The Hall–Kier alpha value is -1.97. The maximum Gasteiger partial charge on any atom is 0.131 e. The zero-order valence-electron chi connectivity index (χ0n) is 9.87. The van der Waals surface area contributed by atoms with E-state index >= 15 is 0 Å². The summed E-state index contributed by atoms with van der Waals surface area (Å²) in [4.78, 5) is 8.74. The minimum atomic E-state index is -0.243. The van der Waals surface area contributed by atoms with Gasteiger partial charge in [0.1, 0.15) is 17.5 Å². The molecule has 3 nitrogen and oxygen atoms in total. The molecule has 0 atom stereocenters. The summed E-state index contributed by atoms with van der Waals surface area (Å²) in [5, 5.41) is 3.00. The van der Waals surface area contributed by atoms with Crippen molar-refractivity contribution in [2.75, 3.05) is 12.4 Å². The minimum absolute atomic E-state index is 0.243. The van der Waals surface area contributed by atoms with Gasteiger partial charge in [0.2, 0.25) is 0 Å². The van der Waals surface area contributed by atoms with Crippen molar-refractivity contribution in [1.82, 2.24) is 9.97 Å². The first kappa shape index (κ1) is 11.5. The average molecular weight is 231 g/mol. The molecule has 0 saturated carbocycles. The number of aromatic nitrogens is 2. The standard InChI is InChI=1S/C13H14FN3/c1-3-12-16-11(8-13(15-2)17-12)9-4-6-10(14)7-5-9/h4-8H,3H2,1-2H3,(H,15,16,17). The first-order valence-corrected chi connectivity index (χ1v) is 5.54. The van der Waals surface area contributed by atoms with Gasteiger partial charge in [-0.2, -0.15) is 0 Å². The van der Waals surface area contributed by atoms with E-state index in [1.165, 1.54) is 12.1 Å². The Labute approximate surface area is 99.7 Å². The number of nitrogens with one attached hydrogen (secondary N) is 1. The SMILES string of the molecule is CCc1nc(NC)cc(-c2ccc(F)cc2)n1. The molecule has 0 unspecified atom stereocenters. The van der Waals surface area contributed by atoms with Crippen LogP contribution in [0.5, 0.6) is 0 Å². The van der Waals surface area contributed by atoms with Gasteiger partial charge >= 0.3 is 0 Å². The quantitative estimate of drug-likeness (QED) is 0.882. The number of aryl methyl sites for hydroxylation is 1. The van der Waals surface area contributed by atoms with Crippen molar-refractivity contribution < 1.29 is 4.39 Å². The number of halogens is 1. The van der Waals surface area contributed by atoms with Gasteiger partial charge in [0.05, 0.1) is 5.69 Å². The van der Waals surface area contributed by atoms with Gasteiger partial charge in [0, 0.05) is 25.1 Å². The van der Waals surface area contributed by atoms with Crippen molar-refractivity contribution in [2.45, 2.75) is 13.3 Å². The summed E-state index contributed by atoms with van der Waals surface area (Å²) >= 11 is 0. The molecule has 0 aliphatic rings. The van der Waals surface area contributed by atoms with E-state index in [4.69, 9.17) is 0 Å². The molecule has 0 radical (unpaired) electrons. The third-order valence-electron chi connectivity index (χ3n) is 2.48. The number of anilines is 1. The first-order valence-electron chi connectivity index (χ1n) is 5.54. The second-order valence-electron chi connectivity index (χ2n) is 3.67. The summed E-state index contributed by atoms with van der Waals surface area (Å²) in [7, 11) is 1.82. The van der Waals surface area contributed by atoms with Crippen LogP contribution in [0.4, 0.5) is 10.2 Å². The normalized spacial score (nSPS) is 10.3. The van der Waals surface area contributed by atoms with Crippen LogP contribution in [-0.2, 0) is 6.42 Å². The largest absolute Gasteiger partial charge is 0.373 e. The third kappa shape index (κ3) is 2.58. The van der Waals surface area contributed by atoms with Crippen LogP contribution in [0.25, 0.3) is 11.3 Å². The van der Waals surface area contributed by atoms with Gasteiger partial charge < -0.3 is 5.32 Å². The molecule has 0 bridgehead atoms. The molecule has 2 rings (SSSR count). The number of hydrogen-bond donors (Lipinski definition) is 1. The molecule has 0 aliphatic carbocycles. The molecule has 2 aromatic rings. The maximum absolute atomic E-state index is 12.8. The molecule has 17 heavy (non-hydrogen) atoms. The van der Waals surface area contributed by atoms with E-state index in [2.05, 4.69) is 15.3 Å². The molecule has 1 aromatic carbocycles. The van der Waals surface area contributed by atoms with Gasteiger partial charge in [-0.1, -0.05) is 6.92 Å². The van der Waals surface area contributed by atoms with Crippen LogP contribution < -0.4 is 5.32 Å². The Morgan fingerprint density at radius 3 is 2.47 bits per heavy atom. The first-order chi connectivity index (χ1) is 8.22. The van der Waals surface area contributed by atoms with Crippen molar-refractivity contribution in [3.63, 3.8) is 0 Å². The smallest absolute Gasteiger partial charge is 0.131 e. The van der Waals surface area contributed by atoms with Gasteiger partial charge in [-0.25, -0.2) is 14.4 Å². The van der Waals surface area contributed by atoms with Gasteiger partial charge in [-0.05, 0) is 24.3 Å². The molecule has 0 amide bonds. The number of benzene rings is 1. The average Bonchev–Trinajstić information content (AvgIpc) is 2.39. The van der Waals surface area contributed by atoms with Crippen molar-refractivity contribution >= 4 is 5.82 Å². The van der Waals surface area contributed by atoms with Gasteiger partial charge in [0.25, 0.3) is 0 Å². The summed E-state index contributed by atoms with van der Waals surface area (Å²) in [6.07, 6.45) is 0.768. The molecular formula is C13H14FN3. The van der Waals surface area contributed by atoms with E-state index in [1.54, 1.807) is 12.1 Å². The zero-order valence-corrected chi connectivity index (χ0v) is 9.87. The fourth-order valence-electron chi connectivity index (χ4n) is 1.55. The molecule has 0 aliphatic heterocycles. The fraction of sp³-hybridized carbons (Fsp3) is 0.231. The molecule has 0 spiro atoms. The molecule has 88 valence electrons. The van der Waals surface area contributed by atoms with Gasteiger partial charge in [-0.15, -0.1) is 0 Å². The zero-order chi connectivity index (χ0) is 12.3. The lowest BCUT2D eigenvalue weighted by atomic mass is 10.1.